The molecule has 0 saturated carbocycles. The number of carbonyl (C=O) groups excluding carboxylic acids is 1. The summed E-state index contributed by atoms with van der Waals surface area (Å²) in [6.45, 7) is 2.40. The van der Waals surface area contributed by atoms with Crippen molar-refractivity contribution in [2.24, 2.45) is 0 Å². The zero-order valence-electron chi connectivity index (χ0n) is 15.9. The summed E-state index contributed by atoms with van der Waals surface area (Å²) in [4.78, 5) is 12.8. The zero-order valence-corrected chi connectivity index (χ0v) is 16.7. The molecular weight excluding hydrogens is 370 g/mol. The lowest BCUT2D eigenvalue weighted by molar-refractivity contribution is 0.0934. The highest BCUT2D eigenvalue weighted by atomic mass is 35.5. The first kappa shape index (κ1) is 20.0. The van der Waals surface area contributed by atoms with E-state index in [1.54, 1.807) is 18.2 Å². The summed E-state index contributed by atoms with van der Waals surface area (Å²) < 4.78 is 5.89. The fourth-order valence-electron chi connectivity index (χ4n) is 2.94. The van der Waals surface area contributed by atoms with E-state index >= 15 is 0 Å². The maximum Gasteiger partial charge on any atom is 0.255 e. The number of hydrogen-bond acceptors (Lipinski definition) is 2. The minimum Gasteiger partial charge on any atom is -0.488 e. The Morgan fingerprint density at radius 2 is 1.61 bits per heavy atom. The van der Waals surface area contributed by atoms with Gasteiger partial charge in [-0.1, -0.05) is 72.3 Å². The van der Waals surface area contributed by atoms with Crippen LogP contribution in [-0.2, 0) is 13.0 Å². The molecule has 0 saturated heterocycles. The molecule has 3 aromatic carbocycles. The highest BCUT2D eigenvalue weighted by Gasteiger charge is 2.16. The Bertz CT molecular complexity index is 897. The molecule has 0 aliphatic carbocycles. The van der Waals surface area contributed by atoms with Gasteiger partial charge in [0.25, 0.3) is 5.91 Å². The summed E-state index contributed by atoms with van der Waals surface area (Å²) in [5.74, 6) is 0.354. The summed E-state index contributed by atoms with van der Waals surface area (Å²) in [7, 11) is 0. The summed E-state index contributed by atoms with van der Waals surface area (Å²) in [5.41, 5.74) is 2.76. The largest absolute Gasteiger partial charge is 0.488 e. The Morgan fingerprint density at radius 1 is 0.964 bits per heavy atom. The molecule has 0 aromatic heterocycles. The first-order chi connectivity index (χ1) is 13.6. The standard InChI is InChI=1S/C24H24ClNO2/c1-18(12-13-19-8-4-2-5-9-19)26-24(27)22-16-21(25)14-15-23(22)28-17-20-10-6-3-7-11-20/h2-11,14-16,18H,12-13,17H2,1H3,(H,26,27). The summed E-state index contributed by atoms with van der Waals surface area (Å²) in [6.07, 6.45) is 1.77. The monoisotopic (exact) mass is 393 g/mol. The van der Waals surface area contributed by atoms with Crippen LogP contribution in [0.15, 0.2) is 78.9 Å². The number of halogens is 1. The van der Waals surface area contributed by atoms with Crippen LogP contribution < -0.4 is 10.1 Å². The van der Waals surface area contributed by atoms with Crippen LogP contribution in [0.5, 0.6) is 5.75 Å². The number of ether oxygens (including phenoxy) is 1. The van der Waals surface area contributed by atoms with Crippen LogP contribution in [0.4, 0.5) is 0 Å². The van der Waals surface area contributed by atoms with Crippen molar-refractivity contribution in [2.45, 2.75) is 32.4 Å². The molecule has 3 rings (SSSR count). The van der Waals surface area contributed by atoms with Crippen molar-refractivity contribution in [2.75, 3.05) is 0 Å². The Kier molecular flexibility index (Phi) is 7.10. The van der Waals surface area contributed by atoms with E-state index < -0.39 is 0 Å². The van der Waals surface area contributed by atoms with E-state index in [9.17, 15) is 4.79 Å². The molecule has 0 bridgehead atoms. The van der Waals surface area contributed by atoms with Crippen LogP contribution in [0.2, 0.25) is 5.02 Å². The van der Waals surface area contributed by atoms with Gasteiger partial charge >= 0.3 is 0 Å². The number of carbonyl (C=O) groups is 1. The van der Waals surface area contributed by atoms with Gasteiger partial charge in [0, 0.05) is 11.1 Å². The van der Waals surface area contributed by atoms with E-state index in [-0.39, 0.29) is 11.9 Å². The molecule has 1 N–H and O–H groups in total. The summed E-state index contributed by atoms with van der Waals surface area (Å²) >= 11 is 6.12. The molecule has 4 heteroatoms. The van der Waals surface area contributed by atoms with E-state index in [0.717, 1.165) is 18.4 Å². The lowest BCUT2D eigenvalue weighted by atomic mass is 10.1. The molecule has 0 fully saturated rings. The highest BCUT2D eigenvalue weighted by molar-refractivity contribution is 6.31. The minimum atomic E-state index is -0.175. The van der Waals surface area contributed by atoms with Crippen molar-refractivity contribution in [1.82, 2.24) is 5.32 Å². The van der Waals surface area contributed by atoms with Crippen molar-refractivity contribution in [3.05, 3.63) is 101 Å². The van der Waals surface area contributed by atoms with Crippen LogP contribution >= 0.6 is 11.6 Å². The van der Waals surface area contributed by atoms with Crippen molar-refractivity contribution in [1.29, 1.82) is 0 Å². The minimum absolute atomic E-state index is 0.0358. The lowest BCUT2D eigenvalue weighted by Crippen LogP contribution is -2.33. The highest BCUT2D eigenvalue weighted by Crippen LogP contribution is 2.24. The van der Waals surface area contributed by atoms with Crippen LogP contribution in [0.25, 0.3) is 0 Å². The first-order valence-electron chi connectivity index (χ1n) is 9.43. The van der Waals surface area contributed by atoms with E-state index in [1.165, 1.54) is 5.56 Å². The second-order valence-electron chi connectivity index (χ2n) is 6.81. The van der Waals surface area contributed by atoms with E-state index in [0.29, 0.717) is 22.9 Å². The Morgan fingerprint density at radius 3 is 2.29 bits per heavy atom. The predicted molar refractivity (Wildman–Crippen MR) is 114 cm³/mol. The second-order valence-corrected chi connectivity index (χ2v) is 7.25. The van der Waals surface area contributed by atoms with Crippen molar-refractivity contribution in [3.8, 4) is 5.75 Å². The number of aryl methyl sites for hydroxylation is 1. The first-order valence-corrected chi connectivity index (χ1v) is 9.80. The molecule has 1 atom stereocenters. The number of benzene rings is 3. The number of amides is 1. The maximum absolute atomic E-state index is 12.8. The molecular formula is C24H24ClNO2. The Hall–Kier alpha value is -2.78. The SMILES string of the molecule is CC(CCc1ccccc1)NC(=O)c1cc(Cl)ccc1OCc1ccccc1. The van der Waals surface area contributed by atoms with E-state index in [1.807, 2.05) is 55.5 Å². The van der Waals surface area contributed by atoms with Gasteiger partial charge < -0.3 is 10.1 Å². The van der Waals surface area contributed by atoms with Crippen molar-refractivity contribution >= 4 is 17.5 Å². The van der Waals surface area contributed by atoms with Gasteiger partial charge in [-0.05, 0) is 49.1 Å². The second kappa shape index (κ2) is 9.95. The van der Waals surface area contributed by atoms with Gasteiger partial charge in [0.1, 0.15) is 12.4 Å². The zero-order chi connectivity index (χ0) is 19.8. The molecule has 0 radical (unpaired) electrons. The van der Waals surface area contributed by atoms with Crippen LogP contribution in [0, 0.1) is 0 Å². The topological polar surface area (TPSA) is 38.3 Å². The molecule has 3 aromatic rings. The smallest absolute Gasteiger partial charge is 0.255 e. The molecule has 0 aliphatic heterocycles. The third-order valence-electron chi connectivity index (χ3n) is 4.51. The average Bonchev–Trinajstić information content (AvgIpc) is 2.73. The Labute approximate surface area is 171 Å². The number of nitrogens with one attached hydrogen (secondary N) is 1. The normalized spacial score (nSPS) is 11.6. The van der Waals surface area contributed by atoms with Crippen LogP contribution in [-0.4, -0.2) is 11.9 Å². The van der Waals surface area contributed by atoms with Gasteiger partial charge in [0.15, 0.2) is 0 Å². The number of hydrogen-bond donors (Lipinski definition) is 1. The summed E-state index contributed by atoms with van der Waals surface area (Å²) in [6, 6.07) is 25.3. The molecule has 0 spiro atoms. The van der Waals surface area contributed by atoms with Gasteiger partial charge in [-0.15, -0.1) is 0 Å². The van der Waals surface area contributed by atoms with Gasteiger partial charge in [-0.2, -0.15) is 0 Å². The van der Waals surface area contributed by atoms with Crippen LogP contribution in [0.1, 0.15) is 34.8 Å². The fourth-order valence-corrected chi connectivity index (χ4v) is 3.11. The van der Waals surface area contributed by atoms with Gasteiger partial charge in [0.2, 0.25) is 0 Å². The quantitative estimate of drug-likeness (QED) is 0.535. The predicted octanol–water partition coefficient (Wildman–Crippen LogP) is 5.67. The van der Waals surface area contributed by atoms with Gasteiger partial charge in [-0.25, -0.2) is 0 Å². The maximum atomic E-state index is 12.8. The molecule has 28 heavy (non-hydrogen) atoms. The molecule has 1 unspecified atom stereocenters. The third kappa shape index (κ3) is 5.86. The molecule has 3 nitrogen and oxygen atoms in total. The molecule has 144 valence electrons. The van der Waals surface area contributed by atoms with Crippen LogP contribution in [0.3, 0.4) is 0 Å². The van der Waals surface area contributed by atoms with Gasteiger partial charge in [-0.3, -0.25) is 4.79 Å². The summed E-state index contributed by atoms with van der Waals surface area (Å²) in [5, 5.41) is 3.56. The van der Waals surface area contributed by atoms with E-state index in [4.69, 9.17) is 16.3 Å². The lowest BCUT2D eigenvalue weighted by Gasteiger charge is -2.16. The van der Waals surface area contributed by atoms with Crippen molar-refractivity contribution < 1.29 is 9.53 Å². The number of rotatable bonds is 8. The average molecular weight is 394 g/mol. The van der Waals surface area contributed by atoms with Crippen molar-refractivity contribution in [3.63, 3.8) is 0 Å². The third-order valence-corrected chi connectivity index (χ3v) is 4.74. The Balaban J connectivity index is 1.62. The molecule has 1 amide bonds. The van der Waals surface area contributed by atoms with E-state index in [2.05, 4.69) is 17.4 Å². The molecule has 0 aliphatic rings. The van der Waals surface area contributed by atoms with Gasteiger partial charge in [0.05, 0.1) is 5.56 Å². The molecule has 0 heterocycles. The fraction of sp³-hybridized carbons (Fsp3) is 0.208.